The molecule has 29 heavy (non-hydrogen) atoms. The molecule has 0 unspecified atom stereocenters. The van der Waals surface area contributed by atoms with Gasteiger partial charge in [0.25, 0.3) is 0 Å². The molecule has 6 nitrogen and oxygen atoms in total. The highest BCUT2D eigenvalue weighted by molar-refractivity contribution is 5.92. The van der Waals surface area contributed by atoms with E-state index in [-0.39, 0.29) is 11.9 Å². The average Bonchev–Trinajstić information content (AvgIpc) is 3.21. The zero-order valence-electron chi connectivity index (χ0n) is 17.3. The molecule has 0 aromatic heterocycles. The molecule has 156 valence electrons. The number of hydrogen-bond acceptors (Lipinski definition) is 3. The molecule has 1 aliphatic heterocycles. The highest BCUT2D eigenvalue weighted by atomic mass is 16.2. The first-order valence-corrected chi connectivity index (χ1v) is 10.6. The minimum atomic E-state index is -0.136. The second-order valence-electron chi connectivity index (χ2n) is 7.88. The lowest BCUT2D eigenvalue weighted by Crippen LogP contribution is -2.46. The van der Waals surface area contributed by atoms with E-state index < -0.39 is 0 Å². The minimum Gasteiger partial charge on any atom is -0.349 e. The average molecular weight is 397 g/mol. The molecule has 1 saturated heterocycles. The summed E-state index contributed by atoms with van der Waals surface area (Å²) in [6, 6.07) is 7.16. The Morgan fingerprint density at radius 3 is 2.38 bits per heavy atom. The predicted octanol–water partition coefficient (Wildman–Crippen LogP) is 4.79. The fourth-order valence-corrected chi connectivity index (χ4v) is 3.89. The number of piperazine rings is 1. The first-order valence-electron chi connectivity index (χ1n) is 10.6. The number of benzene rings is 1. The normalized spacial score (nSPS) is 17.8. The van der Waals surface area contributed by atoms with Crippen LogP contribution in [0, 0.1) is 5.92 Å². The lowest BCUT2D eigenvalue weighted by molar-refractivity contribution is -0.117. The Morgan fingerprint density at radius 2 is 1.76 bits per heavy atom. The minimum absolute atomic E-state index is 0.0715. The van der Waals surface area contributed by atoms with Gasteiger partial charge in [0.2, 0.25) is 5.91 Å². The quantitative estimate of drug-likeness (QED) is 0.726. The van der Waals surface area contributed by atoms with E-state index in [0.29, 0.717) is 31.1 Å². The summed E-state index contributed by atoms with van der Waals surface area (Å²) in [7, 11) is 0. The number of hydrogen-bond donors (Lipinski definition) is 2. The maximum absolute atomic E-state index is 12.6. The standard InChI is InChI=1S/C23H32N4O2/c1-3-4-13-26-14-15-27(17-18(26)2)23(29)25-21-11-9-20(10-12-21)24-22(28)16-19-7-5-6-8-19/h4,9-13,19H,2-3,5-8,14-17H2,1H3,(H,24,28)(H,25,29)/b13-4-. The van der Waals surface area contributed by atoms with Gasteiger partial charge in [-0.3, -0.25) is 4.79 Å². The van der Waals surface area contributed by atoms with E-state index >= 15 is 0 Å². The molecular weight excluding hydrogens is 364 g/mol. The van der Waals surface area contributed by atoms with Crippen molar-refractivity contribution in [2.45, 2.75) is 45.4 Å². The molecule has 6 heteroatoms. The summed E-state index contributed by atoms with van der Waals surface area (Å²) in [5.74, 6) is 0.600. The van der Waals surface area contributed by atoms with Crippen molar-refractivity contribution in [3.8, 4) is 0 Å². The Morgan fingerprint density at radius 1 is 1.10 bits per heavy atom. The molecule has 2 fully saturated rings. The third-order valence-corrected chi connectivity index (χ3v) is 5.57. The van der Waals surface area contributed by atoms with Gasteiger partial charge in [0.05, 0.1) is 6.54 Å². The van der Waals surface area contributed by atoms with Crippen LogP contribution in [0.15, 0.2) is 48.8 Å². The molecule has 1 heterocycles. The zero-order valence-corrected chi connectivity index (χ0v) is 17.3. The predicted molar refractivity (Wildman–Crippen MR) is 118 cm³/mol. The van der Waals surface area contributed by atoms with Crippen LogP contribution in [0.25, 0.3) is 0 Å². The Labute approximate surface area is 173 Å². The molecule has 1 aromatic rings. The summed E-state index contributed by atoms with van der Waals surface area (Å²) in [5, 5.41) is 5.88. The molecule has 2 aliphatic rings. The van der Waals surface area contributed by atoms with Crippen molar-refractivity contribution in [2.75, 3.05) is 30.3 Å². The van der Waals surface area contributed by atoms with Gasteiger partial charge < -0.3 is 20.4 Å². The van der Waals surface area contributed by atoms with Gasteiger partial charge in [0.15, 0.2) is 0 Å². The van der Waals surface area contributed by atoms with Crippen LogP contribution in [0.2, 0.25) is 0 Å². The Balaban J connectivity index is 1.46. The number of carbonyl (C=O) groups is 2. The fourth-order valence-electron chi connectivity index (χ4n) is 3.89. The van der Waals surface area contributed by atoms with Crippen LogP contribution in [0.1, 0.15) is 45.4 Å². The largest absolute Gasteiger partial charge is 0.349 e. The van der Waals surface area contributed by atoms with E-state index in [0.717, 1.165) is 37.2 Å². The van der Waals surface area contributed by atoms with Crippen molar-refractivity contribution in [1.29, 1.82) is 0 Å². The van der Waals surface area contributed by atoms with Gasteiger partial charge in [-0.05, 0) is 55.6 Å². The topological polar surface area (TPSA) is 64.7 Å². The molecule has 3 amide bonds. The number of carbonyl (C=O) groups excluding carboxylic acids is 2. The van der Waals surface area contributed by atoms with Crippen LogP contribution in [-0.2, 0) is 4.79 Å². The maximum atomic E-state index is 12.6. The number of nitrogens with one attached hydrogen (secondary N) is 2. The highest BCUT2D eigenvalue weighted by Crippen LogP contribution is 2.28. The van der Waals surface area contributed by atoms with Gasteiger partial charge in [-0.25, -0.2) is 4.79 Å². The summed E-state index contributed by atoms with van der Waals surface area (Å²) in [5.41, 5.74) is 2.38. The van der Waals surface area contributed by atoms with Gasteiger partial charge in [0, 0.05) is 36.6 Å². The molecule has 1 aromatic carbocycles. The fraction of sp³-hybridized carbons (Fsp3) is 0.478. The molecular formula is C23H32N4O2. The second-order valence-corrected chi connectivity index (χ2v) is 7.88. The van der Waals surface area contributed by atoms with Crippen molar-refractivity contribution in [3.63, 3.8) is 0 Å². The van der Waals surface area contributed by atoms with E-state index in [4.69, 9.17) is 0 Å². The van der Waals surface area contributed by atoms with Crippen molar-refractivity contribution in [2.24, 2.45) is 5.92 Å². The molecule has 1 aliphatic carbocycles. The number of allylic oxidation sites excluding steroid dienone is 1. The van der Waals surface area contributed by atoms with Crippen molar-refractivity contribution >= 4 is 23.3 Å². The smallest absolute Gasteiger partial charge is 0.322 e. The number of anilines is 2. The lowest BCUT2D eigenvalue weighted by Gasteiger charge is -2.35. The lowest BCUT2D eigenvalue weighted by atomic mass is 10.0. The summed E-state index contributed by atoms with van der Waals surface area (Å²) in [4.78, 5) is 28.6. The van der Waals surface area contributed by atoms with Gasteiger partial charge in [-0.2, -0.15) is 0 Å². The van der Waals surface area contributed by atoms with E-state index in [1.807, 2.05) is 30.5 Å². The van der Waals surface area contributed by atoms with Crippen molar-refractivity contribution < 1.29 is 9.59 Å². The first kappa shape index (κ1) is 21.0. The molecule has 0 radical (unpaired) electrons. The van der Waals surface area contributed by atoms with Crippen molar-refractivity contribution in [1.82, 2.24) is 9.80 Å². The highest BCUT2D eigenvalue weighted by Gasteiger charge is 2.22. The molecule has 0 bridgehead atoms. The van der Waals surface area contributed by atoms with Gasteiger partial charge in [-0.1, -0.05) is 32.4 Å². The summed E-state index contributed by atoms with van der Waals surface area (Å²) >= 11 is 0. The van der Waals surface area contributed by atoms with Crippen LogP contribution in [0.5, 0.6) is 0 Å². The number of nitrogens with zero attached hydrogens (tertiary/aromatic N) is 2. The Hall–Kier alpha value is -2.76. The van der Waals surface area contributed by atoms with Gasteiger partial charge >= 0.3 is 6.03 Å². The van der Waals surface area contributed by atoms with E-state index in [2.05, 4.69) is 35.1 Å². The Kier molecular flexibility index (Phi) is 7.33. The van der Waals surface area contributed by atoms with Crippen LogP contribution in [0.4, 0.5) is 16.2 Å². The molecule has 1 saturated carbocycles. The van der Waals surface area contributed by atoms with Crippen LogP contribution >= 0.6 is 0 Å². The molecule has 3 rings (SSSR count). The monoisotopic (exact) mass is 396 g/mol. The zero-order chi connectivity index (χ0) is 20.6. The third kappa shape index (κ3) is 6.11. The number of rotatable bonds is 6. The third-order valence-electron chi connectivity index (χ3n) is 5.57. The van der Waals surface area contributed by atoms with E-state index in [1.165, 1.54) is 12.8 Å². The van der Waals surface area contributed by atoms with Crippen LogP contribution in [-0.4, -0.2) is 41.4 Å². The van der Waals surface area contributed by atoms with E-state index in [9.17, 15) is 9.59 Å². The summed E-state index contributed by atoms with van der Waals surface area (Å²) < 4.78 is 0. The number of urea groups is 1. The van der Waals surface area contributed by atoms with Crippen molar-refractivity contribution in [3.05, 3.63) is 48.8 Å². The second kappa shape index (κ2) is 10.1. The molecule has 0 atom stereocenters. The molecule has 2 N–H and O–H groups in total. The Bertz CT molecular complexity index is 751. The van der Waals surface area contributed by atoms with Crippen LogP contribution in [0.3, 0.4) is 0 Å². The SMILES string of the molecule is C=C1CN(C(=O)Nc2ccc(NC(=O)CC3CCCC3)cc2)CCN1/C=C\CC. The van der Waals surface area contributed by atoms with Gasteiger partial charge in [-0.15, -0.1) is 0 Å². The summed E-state index contributed by atoms with van der Waals surface area (Å²) in [6.45, 7) is 8.07. The first-order chi connectivity index (χ1) is 14.0. The number of amides is 3. The van der Waals surface area contributed by atoms with Crippen LogP contribution < -0.4 is 10.6 Å². The van der Waals surface area contributed by atoms with E-state index in [1.54, 1.807) is 4.90 Å². The maximum Gasteiger partial charge on any atom is 0.322 e. The van der Waals surface area contributed by atoms with Gasteiger partial charge in [0.1, 0.15) is 0 Å². The molecule has 0 spiro atoms. The summed E-state index contributed by atoms with van der Waals surface area (Å²) in [6.07, 6.45) is 10.5.